The van der Waals surface area contributed by atoms with Gasteiger partial charge >= 0.3 is 0 Å². The van der Waals surface area contributed by atoms with Crippen molar-refractivity contribution in [2.75, 3.05) is 4.90 Å². The second-order valence-electron chi connectivity index (χ2n) is 5.53. The number of anilines is 1. The third-order valence-electron chi connectivity index (χ3n) is 3.90. The highest BCUT2D eigenvalue weighted by Gasteiger charge is 2.36. The Kier molecular flexibility index (Phi) is 4.19. The van der Waals surface area contributed by atoms with Gasteiger partial charge < -0.3 is 0 Å². The SMILES string of the molecule is O=C1C(=O)N(Cc2csc(-c3ccc(Cl)cc3)n2)c2ccc(Br)cc21. The van der Waals surface area contributed by atoms with Gasteiger partial charge in [-0.25, -0.2) is 4.98 Å². The Hall–Kier alpha value is -2.02. The Balaban J connectivity index is 1.62. The highest BCUT2D eigenvalue weighted by molar-refractivity contribution is 9.10. The molecule has 0 saturated carbocycles. The summed E-state index contributed by atoms with van der Waals surface area (Å²) >= 11 is 10.7. The number of Topliss-reactive ketones (excluding diaryl/α,β-unsaturated/α-hetero) is 1. The van der Waals surface area contributed by atoms with Gasteiger partial charge in [0.2, 0.25) is 0 Å². The fraction of sp³-hybridized carbons (Fsp3) is 0.0556. The minimum Gasteiger partial charge on any atom is -0.299 e. The van der Waals surface area contributed by atoms with Crippen molar-refractivity contribution in [1.82, 2.24) is 4.98 Å². The summed E-state index contributed by atoms with van der Waals surface area (Å²) in [5.74, 6) is -1.00. The molecule has 0 spiro atoms. The molecule has 2 heterocycles. The van der Waals surface area contributed by atoms with Crippen LogP contribution < -0.4 is 4.90 Å². The first-order valence-electron chi connectivity index (χ1n) is 7.39. The van der Waals surface area contributed by atoms with Crippen LogP contribution in [0.1, 0.15) is 16.1 Å². The average molecular weight is 434 g/mol. The summed E-state index contributed by atoms with van der Waals surface area (Å²) in [5, 5.41) is 3.42. The van der Waals surface area contributed by atoms with Gasteiger partial charge in [0.1, 0.15) is 5.01 Å². The van der Waals surface area contributed by atoms with E-state index in [1.165, 1.54) is 16.2 Å². The summed E-state index contributed by atoms with van der Waals surface area (Å²) in [7, 11) is 0. The predicted molar refractivity (Wildman–Crippen MR) is 102 cm³/mol. The van der Waals surface area contributed by atoms with Gasteiger partial charge in [0.25, 0.3) is 11.7 Å². The smallest absolute Gasteiger partial charge is 0.299 e. The maximum atomic E-state index is 12.3. The van der Waals surface area contributed by atoms with Crippen LogP contribution in [-0.4, -0.2) is 16.7 Å². The van der Waals surface area contributed by atoms with E-state index in [1.54, 1.807) is 12.1 Å². The number of halogens is 2. The molecule has 3 aromatic rings. The number of nitrogens with zero attached hydrogens (tertiary/aromatic N) is 2. The minimum absolute atomic E-state index is 0.267. The first kappa shape index (κ1) is 16.4. The highest BCUT2D eigenvalue weighted by atomic mass is 79.9. The summed E-state index contributed by atoms with van der Waals surface area (Å²) in [6.45, 7) is 0.267. The van der Waals surface area contributed by atoms with Crippen LogP contribution in [0.2, 0.25) is 5.02 Å². The van der Waals surface area contributed by atoms with Crippen LogP contribution in [0.15, 0.2) is 52.3 Å². The van der Waals surface area contributed by atoms with E-state index < -0.39 is 11.7 Å². The van der Waals surface area contributed by atoms with Crippen molar-refractivity contribution in [1.29, 1.82) is 0 Å². The fourth-order valence-corrected chi connectivity index (χ4v) is 4.00. The molecule has 0 radical (unpaired) electrons. The average Bonchev–Trinajstić information content (AvgIpc) is 3.15. The summed E-state index contributed by atoms with van der Waals surface area (Å²) in [4.78, 5) is 30.5. The zero-order valence-corrected chi connectivity index (χ0v) is 15.9. The molecule has 1 aliphatic heterocycles. The summed E-state index contributed by atoms with van der Waals surface area (Å²) in [5.41, 5.74) is 2.76. The number of ketones is 1. The number of hydrogen-bond acceptors (Lipinski definition) is 4. The second kappa shape index (κ2) is 6.37. The molecule has 1 aromatic heterocycles. The van der Waals surface area contributed by atoms with Crippen LogP contribution in [0, 0.1) is 0 Å². The van der Waals surface area contributed by atoms with Gasteiger partial charge in [-0.2, -0.15) is 0 Å². The molecule has 0 bridgehead atoms. The quantitative estimate of drug-likeness (QED) is 0.549. The predicted octanol–water partition coefficient (Wildman–Crippen LogP) is 4.96. The molecule has 25 heavy (non-hydrogen) atoms. The lowest BCUT2D eigenvalue weighted by Crippen LogP contribution is -2.29. The van der Waals surface area contributed by atoms with E-state index in [9.17, 15) is 9.59 Å². The molecule has 0 N–H and O–H groups in total. The lowest BCUT2D eigenvalue weighted by atomic mass is 10.1. The Bertz CT molecular complexity index is 1000. The van der Waals surface area contributed by atoms with Crippen molar-refractivity contribution >= 4 is 56.2 Å². The zero-order valence-electron chi connectivity index (χ0n) is 12.7. The molecule has 0 unspecified atom stereocenters. The van der Waals surface area contributed by atoms with Crippen molar-refractivity contribution < 1.29 is 9.59 Å². The summed E-state index contributed by atoms with van der Waals surface area (Å²) < 4.78 is 0.771. The second-order valence-corrected chi connectivity index (χ2v) is 7.74. The first-order chi connectivity index (χ1) is 12.0. The molecular weight excluding hydrogens is 424 g/mol. The maximum Gasteiger partial charge on any atom is 0.299 e. The van der Waals surface area contributed by atoms with Crippen molar-refractivity contribution in [2.45, 2.75) is 6.54 Å². The first-order valence-corrected chi connectivity index (χ1v) is 9.44. The molecule has 0 fully saturated rings. The van der Waals surface area contributed by atoms with E-state index in [-0.39, 0.29) is 6.54 Å². The molecule has 4 rings (SSSR count). The zero-order chi connectivity index (χ0) is 17.6. The molecule has 4 nitrogen and oxygen atoms in total. The normalized spacial score (nSPS) is 13.4. The third-order valence-corrected chi connectivity index (χ3v) is 5.58. The number of carbonyl (C=O) groups excluding carboxylic acids is 2. The standard InChI is InChI=1S/C18H10BrClN2O2S/c19-11-3-6-15-14(7-11)16(23)18(24)22(15)8-13-9-25-17(21-13)10-1-4-12(20)5-2-10/h1-7,9H,8H2. The highest BCUT2D eigenvalue weighted by Crippen LogP contribution is 2.33. The number of carbonyl (C=O) groups is 2. The Labute approximate surface area is 161 Å². The van der Waals surface area contributed by atoms with E-state index in [4.69, 9.17) is 11.6 Å². The molecule has 0 saturated heterocycles. The Morgan fingerprint density at radius 2 is 1.88 bits per heavy atom. The van der Waals surface area contributed by atoms with E-state index in [2.05, 4.69) is 20.9 Å². The van der Waals surface area contributed by atoms with Crippen LogP contribution in [0.4, 0.5) is 5.69 Å². The summed E-state index contributed by atoms with van der Waals surface area (Å²) in [6.07, 6.45) is 0. The maximum absolute atomic E-state index is 12.3. The van der Waals surface area contributed by atoms with Gasteiger partial charge in [0, 0.05) is 20.4 Å². The van der Waals surface area contributed by atoms with Crippen LogP contribution in [0.25, 0.3) is 10.6 Å². The van der Waals surface area contributed by atoms with Crippen molar-refractivity contribution in [3.63, 3.8) is 0 Å². The van der Waals surface area contributed by atoms with Gasteiger partial charge in [-0.1, -0.05) is 39.7 Å². The largest absolute Gasteiger partial charge is 0.299 e. The van der Waals surface area contributed by atoms with Crippen molar-refractivity contribution in [3.8, 4) is 10.6 Å². The van der Waals surface area contributed by atoms with Crippen LogP contribution in [0.5, 0.6) is 0 Å². The molecule has 7 heteroatoms. The van der Waals surface area contributed by atoms with Gasteiger partial charge in [-0.15, -0.1) is 11.3 Å². The number of amides is 1. The monoisotopic (exact) mass is 432 g/mol. The van der Waals surface area contributed by atoms with E-state index in [0.29, 0.717) is 16.3 Å². The van der Waals surface area contributed by atoms with Crippen LogP contribution in [0.3, 0.4) is 0 Å². The van der Waals surface area contributed by atoms with Gasteiger partial charge in [-0.3, -0.25) is 14.5 Å². The number of thiazole rings is 1. The van der Waals surface area contributed by atoms with Crippen molar-refractivity contribution in [2.24, 2.45) is 0 Å². The van der Waals surface area contributed by atoms with Gasteiger partial charge in [-0.05, 0) is 30.3 Å². The number of aromatic nitrogens is 1. The van der Waals surface area contributed by atoms with Crippen LogP contribution in [-0.2, 0) is 11.3 Å². The van der Waals surface area contributed by atoms with Crippen LogP contribution >= 0.6 is 38.9 Å². The third kappa shape index (κ3) is 3.01. The lowest BCUT2D eigenvalue weighted by Gasteiger charge is -2.14. The lowest BCUT2D eigenvalue weighted by molar-refractivity contribution is -0.114. The van der Waals surface area contributed by atoms with Crippen molar-refractivity contribution in [3.05, 3.63) is 68.6 Å². The van der Waals surface area contributed by atoms with Gasteiger partial charge in [0.15, 0.2) is 0 Å². The summed E-state index contributed by atoms with van der Waals surface area (Å²) in [6, 6.07) is 12.7. The molecule has 2 aromatic carbocycles. The molecule has 124 valence electrons. The number of benzene rings is 2. The molecule has 1 aliphatic rings. The minimum atomic E-state index is -0.519. The van der Waals surface area contributed by atoms with E-state index in [1.807, 2.05) is 35.7 Å². The van der Waals surface area contributed by atoms with E-state index in [0.717, 1.165) is 20.7 Å². The number of rotatable bonds is 3. The number of fused-ring (bicyclic) bond motifs is 1. The number of hydrogen-bond donors (Lipinski definition) is 0. The molecule has 1 amide bonds. The fourth-order valence-electron chi connectivity index (χ4n) is 2.70. The Morgan fingerprint density at radius 1 is 1.12 bits per heavy atom. The molecular formula is C18H10BrClN2O2S. The van der Waals surface area contributed by atoms with E-state index >= 15 is 0 Å². The molecule has 0 aliphatic carbocycles. The van der Waals surface area contributed by atoms with Gasteiger partial charge in [0.05, 0.1) is 23.5 Å². The Morgan fingerprint density at radius 3 is 2.64 bits per heavy atom. The molecule has 0 atom stereocenters. The topological polar surface area (TPSA) is 50.3 Å².